The first-order valence-corrected chi connectivity index (χ1v) is 8.91. The Morgan fingerprint density at radius 1 is 1.28 bits per heavy atom. The predicted octanol–water partition coefficient (Wildman–Crippen LogP) is 2.64. The average molecular weight is 355 g/mol. The molecule has 2 aromatic heterocycles. The zero-order valence-electron chi connectivity index (χ0n) is 13.4. The summed E-state index contributed by atoms with van der Waals surface area (Å²) in [4.78, 5) is 20.9. The Bertz CT molecular complexity index is 860. The number of amides is 1. The highest BCUT2D eigenvalue weighted by Crippen LogP contribution is 2.31. The molecule has 0 saturated carbocycles. The number of fused-ring (bicyclic) bond motifs is 1. The summed E-state index contributed by atoms with van der Waals surface area (Å²) in [5, 5.41) is 4.93. The van der Waals surface area contributed by atoms with E-state index in [1.54, 1.807) is 23.7 Å². The van der Waals surface area contributed by atoms with Crippen molar-refractivity contribution >= 4 is 17.2 Å². The molecule has 25 heavy (non-hydrogen) atoms. The number of nitrogens with zero attached hydrogens (tertiary/aromatic N) is 1. The number of nitrogens with one attached hydrogen (secondary N) is 2. The number of imidazole rings is 1. The van der Waals surface area contributed by atoms with Gasteiger partial charge in [0.25, 0.3) is 5.91 Å². The van der Waals surface area contributed by atoms with E-state index in [1.165, 1.54) is 0 Å². The number of thiophene rings is 1. The molecule has 0 fully saturated rings. The third kappa shape index (κ3) is 3.36. The molecule has 1 aliphatic rings. The Hall–Kier alpha value is -2.80. The van der Waals surface area contributed by atoms with Crippen molar-refractivity contribution in [3.05, 3.63) is 53.8 Å². The molecule has 6 nitrogen and oxygen atoms in total. The second kappa shape index (κ2) is 6.98. The van der Waals surface area contributed by atoms with Crippen LogP contribution in [0.15, 0.2) is 48.1 Å². The van der Waals surface area contributed by atoms with Crippen LogP contribution >= 0.6 is 11.3 Å². The van der Waals surface area contributed by atoms with Gasteiger partial charge < -0.3 is 19.8 Å². The maximum Gasteiger partial charge on any atom is 0.264 e. The molecule has 1 atom stereocenters. The number of carbonyl (C=O) groups is 1. The van der Waals surface area contributed by atoms with Gasteiger partial charge in [0.1, 0.15) is 12.3 Å². The molecule has 2 N–H and O–H groups in total. The van der Waals surface area contributed by atoms with Crippen LogP contribution in [0.5, 0.6) is 11.5 Å². The van der Waals surface area contributed by atoms with Gasteiger partial charge in [-0.1, -0.05) is 18.2 Å². The van der Waals surface area contributed by atoms with Crippen LogP contribution in [0, 0.1) is 0 Å². The van der Waals surface area contributed by atoms with E-state index in [0.29, 0.717) is 24.5 Å². The van der Waals surface area contributed by atoms with E-state index in [4.69, 9.17) is 9.47 Å². The van der Waals surface area contributed by atoms with Gasteiger partial charge >= 0.3 is 0 Å². The third-order valence-electron chi connectivity index (χ3n) is 3.95. The molecule has 0 spiro atoms. The van der Waals surface area contributed by atoms with E-state index < -0.39 is 6.10 Å². The van der Waals surface area contributed by atoms with E-state index >= 15 is 0 Å². The van der Waals surface area contributed by atoms with Gasteiger partial charge in [0.05, 0.1) is 11.2 Å². The lowest BCUT2D eigenvalue weighted by molar-refractivity contribution is -0.130. The maximum atomic E-state index is 12.3. The van der Waals surface area contributed by atoms with Crippen molar-refractivity contribution in [2.24, 2.45) is 0 Å². The molecule has 3 heterocycles. The van der Waals surface area contributed by atoms with Crippen molar-refractivity contribution in [1.82, 2.24) is 15.3 Å². The summed E-state index contributed by atoms with van der Waals surface area (Å²) < 4.78 is 11.3. The summed E-state index contributed by atoms with van der Waals surface area (Å²) in [6.07, 6.45) is 1.72. The Kier molecular flexibility index (Phi) is 4.39. The van der Waals surface area contributed by atoms with Crippen LogP contribution in [0.25, 0.3) is 10.6 Å². The van der Waals surface area contributed by atoms with Crippen molar-refractivity contribution < 1.29 is 14.3 Å². The molecule has 1 amide bonds. The SMILES string of the molecule is O=C(NCCc1[nH]cnc1-c1cccs1)C1COc2ccccc2O1. The summed E-state index contributed by atoms with van der Waals surface area (Å²) in [7, 11) is 0. The highest BCUT2D eigenvalue weighted by Gasteiger charge is 2.26. The summed E-state index contributed by atoms with van der Waals surface area (Å²) in [5.41, 5.74) is 1.95. The van der Waals surface area contributed by atoms with Gasteiger partial charge in [0.2, 0.25) is 6.10 Å². The number of hydrogen-bond acceptors (Lipinski definition) is 5. The third-order valence-corrected chi connectivity index (χ3v) is 4.82. The lowest BCUT2D eigenvalue weighted by atomic mass is 10.2. The summed E-state index contributed by atoms with van der Waals surface area (Å²) >= 11 is 1.64. The first-order chi connectivity index (χ1) is 12.3. The van der Waals surface area contributed by atoms with E-state index in [2.05, 4.69) is 15.3 Å². The van der Waals surface area contributed by atoms with Crippen LogP contribution in [0.4, 0.5) is 0 Å². The number of carbonyl (C=O) groups excluding carboxylic acids is 1. The van der Waals surface area contributed by atoms with Crippen LogP contribution in [-0.2, 0) is 11.2 Å². The van der Waals surface area contributed by atoms with E-state index in [1.807, 2.05) is 35.7 Å². The van der Waals surface area contributed by atoms with Gasteiger partial charge in [-0.05, 0) is 23.6 Å². The van der Waals surface area contributed by atoms with Gasteiger partial charge in [0, 0.05) is 18.7 Å². The van der Waals surface area contributed by atoms with Crippen molar-refractivity contribution in [2.45, 2.75) is 12.5 Å². The lowest BCUT2D eigenvalue weighted by Gasteiger charge is -2.25. The molecule has 4 rings (SSSR count). The number of benzene rings is 1. The van der Waals surface area contributed by atoms with E-state index in [-0.39, 0.29) is 12.5 Å². The lowest BCUT2D eigenvalue weighted by Crippen LogP contribution is -2.44. The number of aromatic nitrogens is 2. The number of H-pyrrole nitrogens is 1. The zero-order valence-corrected chi connectivity index (χ0v) is 14.2. The number of aromatic amines is 1. The fraction of sp³-hybridized carbons (Fsp3) is 0.222. The average Bonchev–Trinajstić information content (AvgIpc) is 3.32. The van der Waals surface area contributed by atoms with Crippen molar-refractivity contribution in [2.75, 3.05) is 13.2 Å². The second-order valence-corrected chi connectivity index (χ2v) is 6.56. The Morgan fingerprint density at radius 3 is 3.00 bits per heavy atom. The molecule has 7 heteroatoms. The molecule has 3 aromatic rings. The summed E-state index contributed by atoms with van der Waals surface area (Å²) in [6, 6.07) is 11.4. The van der Waals surface area contributed by atoms with Crippen molar-refractivity contribution in [3.8, 4) is 22.1 Å². The topological polar surface area (TPSA) is 76.2 Å². The Labute approximate surface area is 148 Å². The Morgan fingerprint density at radius 2 is 2.16 bits per heavy atom. The second-order valence-electron chi connectivity index (χ2n) is 5.61. The number of para-hydroxylation sites is 2. The van der Waals surface area contributed by atoms with E-state index in [0.717, 1.165) is 16.3 Å². The van der Waals surface area contributed by atoms with Gasteiger partial charge in [-0.3, -0.25) is 4.79 Å². The molecule has 1 unspecified atom stereocenters. The van der Waals surface area contributed by atoms with Crippen LogP contribution in [-0.4, -0.2) is 35.1 Å². The number of hydrogen-bond donors (Lipinski definition) is 2. The van der Waals surface area contributed by atoms with Crippen molar-refractivity contribution in [3.63, 3.8) is 0 Å². The van der Waals surface area contributed by atoms with Gasteiger partial charge in [-0.2, -0.15) is 0 Å². The molecule has 0 saturated heterocycles. The van der Waals surface area contributed by atoms with Crippen LogP contribution < -0.4 is 14.8 Å². The highest BCUT2D eigenvalue weighted by molar-refractivity contribution is 7.13. The van der Waals surface area contributed by atoms with Crippen LogP contribution in [0.3, 0.4) is 0 Å². The summed E-state index contributed by atoms with van der Waals surface area (Å²) in [5.74, 6) is 1.10. The normalized spacial score (nSPS) is 15.8. The fourth-order valence-corrected chi connectivity index (χ4v) is 3.46. The van der Waals surface area contributed by atoms with Gasteiger partial charge in [-0.25, -0.2) is 4.98 Å². The van der Waals surface area contributed by atoms with Gasteiger partial charge in [-0.15, -0.1) is 11.3 Å². The monoisotopic (exact) mass is 355 g/mol. The minimum Gasteiger partial charge on any atom is -0.485 e. The summed E-state index contributed by atoms with van der Waals surface area (Å²) in [6.45, 7) is 0.717. The number of rotatable bonds is 5. The van der Waals surface area contributed by atoms with Crippen molar-refractivity contribution in [1.29, 1.82) is 0 Å². The minimum absolute atomic E-state index is 0.174. The largest absolute Gasteiger partial charge is 0.485 e. The first-order valence-electron chi connectivity index (χ1n) is 8.03. The number of ether oxygens (including phenoxy) is 2. The molecule has 1 aliphatic heterocycles. The zero-order chi connectivity index (χ0) is 17.1. The first kappa shape index (κ1) is 15.7. The molecule has 0 aliphatic carbocycles. The quantitative estimate of drug-likeness (QED) is 0.738. The molecule has 0 radical (unpaired) electrons. The van der Waals surface area contributed by atoms with E-state index in [9.17, 15) is 4.79 Å². The Balaban J connectivity index is 1.33. The predicted molar refractivity (Wildman–Crippen MR) is 95.0 cm³/mol. The molecular weight excluding hydrogens is 338 g/mol. The molecular formula is C18H17N3O3S. The smallest absolute Gasteiger partial charge is 0.264 e. The standard InChI is InChI=1S/C18H17N3O3S/c22-18(15-10-23-13-4-1-2-5-14(13)24-15)19-8-7-12-17(21-11-20-12)16-6-3-9-25-16/h1-6,9,11,15H,7-8,10H2,(H,19,22)(H,20,21). The maximum absolute atomic E-state index is 12.3. The van der Waals surface area contributed by atoms with Crippen LogP contribution in [0.1, 0.15) is 5.69 Å². The fourth-order valence-electron chi connectivity index (χ4n) is 2.71. The molecule has 128 valence electrons. The minimum atomic E-state index is -0.631. The highest BCUT2D eigenvalue weighted by atomic mass is 32.1. The molecule has 1 aromatic carbocycles. The van der Waals surface area contributed by atoms with Gasteiger partial charge in [0.15, 0.2) is 11.5 Å². The molecule has 0 bridgehead atoms. The van der Waals surface area contributed by atoms with Crippen LogP contribution in [0.2, 0.25) is 0 Å².